The number of halogens is 1. The Morgan fingerprint density at radius 2 is 2.03 bits per heavy atom. The van der Waals surface area contributed by atoms with Gasteiger partial charge in [-0.3, -0.25) is 9.59 Å². The van der Waals surface area contributed by atoms with Gasteiger partial charge >= 0.3 is 0 Å². The zero-order valence-corrected chi connectivity index (χ0v) is 17.0. The third-order valence-electron chi connectivity index (χ3n) is 4.55. The summed E-state index contributed by atoms with van der Waals surface area (Å²) < 4.78 is 18.6. The number of carbonyl (C=O) groups excluding carboxylic acids is 1. The van der Waals surface area contributed by atoms with Crippen molar-refractivity contribution >= 4 is 33.7 Å². The Kier molecular flexibility index (Phi) is 5.28. The molecule has 0 radical (unpaired) electrons. The van der Waals surface area contributed by atoms with Crippen molar-refractivity contribution in [1.82, 2.24) is 15.4 Å². The van der Waals surface area contributed by atoms with Gasteiger partial charge in [0, 0.05) is 10.4 Å². The fourth-order valence-corrected chi connectivity index (χ4v) is 3.98. The van der Waals surface area contributed by atoms with Gasteiger partial charge in [0.2, 0.25) is 5.91 Å². The third kappa shape index (κ3) is 4.06. The number of furan rings is 1. The lowest BCUT2D eigenvalue weighted by molar-refractivity contribution is -0.120. The Balaban J connectivity index is 1.40. The average molecular weight is 424 g/mol. The van der Waals surface area contributed by atoms with Gasteiger partial charge in [-0.1, -0.05) is 0 Å². The van der Waals surface area contributed by atoms with Crippen molar-refractivity contribution in [2.75, 3.05) is 0 Å². The van der Waals surface area contributed by atoms with Crippen molar-refractivity contribution in [3.05, 3.63) is 74.6 Å². The van der Waals surface area contributed by atoms with Crippen LogP contribution in [0.25, 0.3) is 21.5 Å². The van der Waals surface area contributed by atoms with Gasteiger partial charge in [0.1, 0.15) is 28.0 Å². The number of hydrogen-bond donors (Lipinski definition) is 2. The maximum Gasteiger partial charge on any atom is 0.259 e. The van der Waals surface area contributed by atoms with Crippen molar-refractivity contribution in [3.8, 4) is 11.3 Å². The van der Waals surface area contributed by atoms with E-state index in [2.05, 4.69) is 20.5 Å². The number of amides is 1. The number of aromatic amines is 1. The molecule has 1 amide bonds. The maximum absolute atomic E-state index is 13.0. The molecule has 1 aromatic carbocycles. The van der Waals surface area contributed by atoms with E-state index >= 15 is 0 Å². The molecular weight excluding hydrogens is 407 g/mol. The van der Waals surface area contributed by atoms with Crippen molar-refractivity contribution in [3.63, 3.8) is 0 Å². The summed E-state index contributed by atoms with van der Waals surface area (Å²) in [6.07, 6.45) is 1.24. The van der Waals surface area contributed by atoms with E-state index in [4.69, 9.17) is 4.42 Å². The Morgan fingerprint density at radius 3 is 2.80 bits per heavy atom. The van der Waals surface area contributed by atoms with E-state index in [1.807, 2.05) is 13.8 Å². The molecule has 0 atom stereocenters. The highest BCUT2D eigenvalue weighted by atomic mass is 32.1. The lowest BCUT2D eigenvalue weighted by Crippen LogP contribution is -2.23. The fourth-order valence-electron chi connectivity index (χ4n) is 2.93. The molecule has 2 N–H and O–H groups in total. The van der Waals surface area contributed by atoms with Gasteiger partial charge in [-0.15, -0.1) is 11.3 Å². The summed E-state index contributed by atoms with van der Waals surface area (Å²) in [4.78, 5) is 33.1. The lowest BCUT2D eigenvalue weighted by Gasteiger charge is -2.00. The highest BCUT2D eigenvalue weighted by Gasteiger charge is 2.13. The molecule has 152 valence electrons. The predicted molar refractivity (Wildman–Crippen MR) is 113 cm³/mol. The monoisotopic (exact) mass is 424 g/mol. The van der Waals surface area contributed by atoms with Gasteiger partial charge in [0.15, 0.2) is 0 Å². The first kappa shape index (κ1) is 19.7. The van der Waals surface area contributed by atoms with Gasteiger partial charge in [0.05, 0.1) is 18.0 Å². The van der Waals surface area contributed by atoms with Crippen LogP contribution in [-0.4, -0.2) is 22.1 Å². The van der Waals surface area contributed by atoms with Gasteiger partial charge in [-0.25, -0.2) is 14.8 Å². The molecule has 3 heterocycles. The number of aromatic nitrogens is 2. The standard InChI is InChI=1S/C21H17FN4O3S/c1-11-12(2)30-21-19(11)20(28)24-17(25-21)9-18(27)26-23-10-15-7-8-16(29-15)13-3-5-14(22)6-4-13/h3-8,10H,9H2,1-2H3,(H,26,27)(H,24,25,28)/b23-10+. The molecule has 0 aliphatic rings. The molecule has 4 rings (SSSR count). The summed E-state index contributed by atoms with van der Waals surface area (Å²) in [5.41, 5.74) is 3.76. The van der Waals surface area contributed by atoms with Crippen LogP contribution in [0, 0.1) is 19.7 Å². The normalized spacial score (nSPS) is 11.4. The molecular formula is C21H17FN4O3S. The molecule has 0 aliphatic heterocycles. The molecule has 30 heavy (non-hydrogen) atoms. The van der Waals surface area contributed by atoms with Crippen molar-refractivity contribution in [2.45, 2.75) is 20.3 Å². The van der Waals surface area contributed by atoms with Crippen molar-refractivity contribution in [2.24, 2.45) is 5.10 Å². The van der Waals surface area contributed by atoms with Crippen LogP contribution in [0.1, 0.15) is 22.0 Å². The Labute approximate surface area is 174 Å². The number of hydrogen-bond acceptors (Lipinski definition) is 6. The molecule has 9 heteroatoms. The van der Waals surface area contributed by atoms with Crippen LogP contribution in [-0.2, 0) is 11.2 Å². The summed E-state index contributed by atoms with van der Waals surface area (Å²) in [6, 6.07) is 9.32. The second kappa shape index (κ2) is 8.03. The molecule has 0 saturated heterocycles. The smallest absolute Gasteiger partial charge is 0.259 e. The fraction of sp³-hybridized carbons (Fsp3) is 0.143. The largest absolute Gasteiger partial charge is 0.455 e. The van der Waals surface area contributed by atoms with E-state index in [0.717, 1.165) is 16.0 Å². The van der Waals surface area contributed by atoms with Crippen LogP contribution in [0.3, 0.4) is 0 Å². The van der Waals surface area contributed by atoms with Crippen LogP contribution in [0.4, 0.5) is 4.39 Å². The van der Waals surface area contributed by atoms with Crippen LogP contribution >= 0.6 is 11.3 Å². The van der Waals surface area contributed by atoms with E-state index in [9.17, 15) is 14.0 Å². The zero-order chi connectivity index (χ0) is 21.3. The molecule has 0 fully saturated rings. The predicted octanol–water partition coefficient (Wildman–Crippen LogP) is 3.69. The number of nitrogens with zero attached hydrogens (tertiary/aromatic N) is 2. The van der Waals surface area contributed by atoms with E-state index < -0.39 is 5.91 Å². The third-order valence-corrected chi connectivity index (χ3v) is 5.65. The van der Waals surface area contributed by atoms with E-state index in [-0.39, 0.29) is 23.6 Å². The minimum absolute atomic E-state index is 0.114. The molecule has 0 saturated carbocycles. The molecule has 7 nitrogen and oxygen atoms in total. The second-order valence-corrected chi connectivity index (χ2v) is 7.86. The summed E-state index contributed by atoms with van der Waals surface area (Å²) in [6.45, 7) is 3.81. The quantitative estimate of drug-likeness (QED) is 0.377. The number of fused-ring (bicyclic) bond motifs is 1. The van der Waals surface area contributed by atoms with Gasteiger partial charge in [-0.05, 0) is 55.8 Å². The van der Waals surface area contributed by atoms with Gasteiger partial charge in [-0.2, -0.15) is 5.10 Å². The first-order valence-corrected chi connectivity index (χ1v) is 9.89. The molecule has 0 unspecified atom stereocenters. The van der Waals surface area contributed by atoms with Crippen LogP contribution in [0.5, 0.6) is 0 Å². The number of benzene rings is 1. The van der Waals surface area contributed by atoms with Crippen LogP contribution in [0.15, 0.2) is 50.7 Å². The Bertz CT molecular complexity index is 1320. The minimum atomic E-state index is -0.427. The highest BCUT2D eigenvalue weighted by molar-refractivity contribution is 7.18. The highest BCUT2D eigenvalue weighted by Crippen LogP contribution is 2.25. The van der Waals surface area contributed by atoms with Crippen molar-refractivity contribution in [1.29, 1.82) is 0 Å². The Morgan fingerprint density at radius 1 is 1.27 bits per heavy atom. The van der Waals surface area contributed by atoms with Gasteiger partial charge < -0.3 is 9.40 Å². The lowest BCUT2D eigenvalue weighted by atomic mass is 10.2. The second-order valence-electron chi connectivity index (χ2n) is 6.65. The first-order valence-electron chi connectivity index (χ1n) is 9.07. The summed E-state index contributed by atoms with van der Waals surface area (Å²) in [5.74, 6) is 0.503. The SMILES string of the molecule is Cc1sc2nc(CC(=O)N/N=C/c3ccc(-c4ccc(F)cc4)o3)[nH]c(=O)c2c1C. The molecule has 0 spiro atoms. The van der Waals surface area contributed by atoms with Crippen molar-refractivity contribution < 1.29 is 13.6 Å². The van der Waals surface area contributed by atoms with E-state index in [1.54, 1.807) is 24.3 Å². The summed E-state index contributed by atoms with van der Waals surface area (Å²) in [5, 5.41) is 4.43. The average Bonchev–Trinajstić information content (AvgIpc) is 3.27. The van der Waals surface area contributed by atoms with Crippen LogP contribution in [0.2, 0.25) is 0 Å². The Hall–Kier alpha value is -3.59. The summed E-state index contributed by atoms with van der Waals surface area (Å²) in [7, 11) is 0. The molecule has 0 aliphatic carbocycles. The molecule has 4 aromatic rings. The first-order chi connectivity index (χ1) is 14.4. The molecule has 0 bridgehead atoms. The van der Waals surface area contributed by atoms with Crippen LogP contribution < -0.4 is 11.0 Å². The minimum Gasteiger partial charge on any atom is -0.455 e. The van der Waals surface area contributed by atoms with Gasteiger partial charge in [0.25, 0.3) is 5.56 Å². The number of H-pyrrole nitrogens is 1. The zero-order valence-electron chi connectivity index (χ0n) is 16.2. The topological polar surface area (TPSA) is 100 Å². The number of rotatable bonds is 5. The van der Waals surface area contributed by atoms with E-state index in [1.165, 1.54) is 29.7 Å². The number of hydrazone groups is 1. The van der Waals surface area contributed by atoms with E-state index in [0.29, 0.717) is 21.7 Å². The maximum atomic E-state index is 13.0. The number of thiophene rings is 1. The molecule has 3 aromatic heterocycles. The number of carbonyl (C=O) groups is 1. The summed E-state index contributed by atoms with van der Waals surface area (Å²) >= 11 is 1.42. The number of nitrogens with one attached hydrogen (secondary N) is 2. The number of aryl methyl sites for hydroxylation is 2.